The van der Waals surface area contributed by atoms with Crippen molar-refractivity contribution in [1.29, 1.82) is 0 Å². The fraction of sp³-hybridized carbons (Fsp3) is 0.815. The van der Waals surface area contributed by atoms with Gasteiger partial charge in [-0.2, -0.15) is 0 Å². The van der Waals surface area contributed by atoms with Crippen LogP contribution in [0.4, 0.5) is 0 Å². The number of aliphatic hydroxyl groups is 2. The molecule has 0 aromatic carbocycles. The summed E-state index contributed by atoms with van der Waals surface area (Å²) in [5.74, 6) is 1.84. The summed E-state index contributed by atoms with van der Waals surface area (Å²) in [6, 6.07) is 3.96. The first kappa shape index (κ1) is 26.6. The highest BCUT2D eigenvalue weighted by Gasteiger charge is 2.61. The van der Waals surface area contributed by atoms with Gasteiger partial charge in [-0.15, -0.1) is 0 Å². The van der Waals surface area contributed by atoms with Gasteiger partial charge in [-0.1, -0.05) is 13.8 Å². The number of nitrogens with one attached hydrogen (secondary N) is 2. The quantitative estimate of drug-likeness (QED) is 0.398. The van der Waals surface area contributed by atoms with Crippen molar-refractivity contribution in [3.05, 3.63) is 23.7 Å². The Morgan fingerprint density at radius 3 is 2.60 bits per heavy atom. The molecule has 0 spiro atoms. The normalized spacial score (nSPS) is 32.9. The Morgan fingerprint density at radius 2 is 1.89 bits per heavy atom. The summed E-state index contributed by atoms with van der Waals surface area (Å²) in [5, 5.41) is 27.2. The number of morpholine rings is 1. The van der Waals surface area contributed by atoms with Gasteiger partial charge in [-0.25, -0.2) is 0 Å². The first-order valence-corrected chi connectivity index (χ1v) is 13.3. The maximum atomic E-state index is 12.9. The minimum atomic E-state index is -0.655. The van der Waals surface area contributed by atoms with Gasteiger partial charge in [-0.05, 0) is 67.9 Å². The van der Waals surface area contributed by atoms with E-state index in [0.717, 1.165) is 70.7 Å². The zero-order valence-electron chi connectivity index (χ0n) is 21.8. The number of fused-ring (bicyclic) bond motifs is 1. The van der Waals surface area contributed by atoms with Crippen LogP contribution in [0.15, 0.2) is 16.5 Å². The van der Waals surface area contributed by atoms with Crippen LogP contribution in [-0.4, -0.2) is 72.1 Å². The van der Waals surface area contributed by atoms with E-state index in [9.17, 15) is 15.0 Å². The molecule has 1 saturated heterocycles. The van der Waals surface area contributed by atoms with Crippen molar-refractivity contribution in [3.8, 4) is 0 Å². The molecule has 1 aliphatic heterocycles. The van der Waals surface area contributed by atoms with Crippen molar-refractivity contribution in [2.24, 2.45) is 16.7 Å². The number of ether oxygens (including phenoxy) is 1. The lowest BCUT2D eigenvalue weighted by Crippen LogP contribution is -2.51. The summed E-state index contributed by atoms with van der Waals surface area (Å²) in [6.45, 7) is 12.0. The maximum absolute atomic E-state index is 12.9. The second-order valence-corrected chi connectivity index (χ2v) is 11.9. The molecule has 1 amide bonds. The van der Waals surface area contributed by atoms with Crippen LogP contribution in [0, 0.1) is 16.7 Å². The zero-order chi connectivity index (χ0) is 25.1. The molecule has 4 rings (SSSR count). The number of nitrogens with zero attached hydrogens (tertiary/aromatic N) is 1. The van der Waals surface area contributed by atoms with E-state index in [4.69, 9.17) is 9.15 Å². The van der Waals surface area contributed by atoms with Crippen LogP contribution in [-0.2, 0) is 22.7 Å². The third-order valence-electron chi connectivity index (χ3n) is 8.90. The van der Waals surface area contributed by atoms with Gasteiger partial charge in [0.15, 0.2) is 0 Å². The van der Waals surface area contributed by atoms with E-state index in [1.54, 1.807) is 0 Å². The summed E-state index contributed by atoms with van der Waals surface area (Å²) in [6.07, 6.45) is 4.76. The number of hydrogen-bond donors (Lipinski definition) is 4. The van der Waals surface area contributed by atoms with Gasteiger partial charge < -0.3 is 30.0 Å². The molecular weight excluding hydrogens is 446 g/mol. The van der Waals surface area contributed by atoms with Gasteiger partial charge >= 0.3 is 0 Å². The Kier molecular flexibility index (Phi) is 8.28. The minimum Gasteiger partial charge on any atom is -0.462 e. The number of carbonyl (C=O) groups is 1. The van der Waals surface area contributed by atoms with E-state index >= 15 is 0 Å². The van der Waals surface area contributed by atoms with Gasteiger partial charge in [0.25, 0.3) is 0 Å². The van der Waals surface area contributed by atoms with Gasteiger partial charge in [0.05, 0.1) is 25.4 Å². The second kappa shape index (κ2) is 10.9. The van der Waals surface area contributed by atoms with Crippen molar-refractivity contribution in [2.45, 2.75) is 84.1 Å². The van der Waals surface area contributed by atoms with Crippen LogP contribution in [0.2, 0.25) is 0 Å². The Balaban J connectivity index is 1.40. The second-order valence-electron chi connectivity index (χ2n) is 11.9. The third-order valence-corrected chi connectivity index (χ3v) is 8.90. The van der Waals surface area contributed by atoms with Crippen molar-refractivity contribution >= 4 is 5.91 Å². The summed E-state index contributed by atoms with van der Waals surface area (Å²) in [5.41, 5.74) is -0.633. The summed E-state index contributed by atoms with van der Waals surface area (Å²) in [7, 11) is 0. The van der Waals surface area contributed by atoms with Crippen LogP contribution < -0.4 is 10.6 Å². The van der Waals surface area contributed by atoms with Crippen LogP contribution in [0.25, 0.3) is 0 Å². The van der Waals surface area contributed by atoms with E-state index in [-0.39, 0.29) is 29.4 Å². The molecule has 3 fully saturated rings. The molecule has 0 radical (unpaired) electrons. The monoisotopic (exact) mass is 491 g/mol. The molecule has 1 aromatic rings. The fourth-order valence-electron chi connectivity index (χ4n) is 6.95. The Labute approximate surface area is 209 Å². The molecule has 8 nitrogen and oxygen atoms in total. The molecule has 2 heterocycles. The first-order chi connectivity index (χ1) is 16.6. The zero-order valence-corrected chi connectivity index (χ0v) is 21.8. The van der Waals surface area contributed by atoms with Crippen LogP contribution >= 0.6 is 0 Å². The average molecular weight is 492 g/mol. The van der Waals surface area contributed by atoms with E-state index < -0.39 is 5.60 Å². The molecule has 2 saturated carbocycles. The van der Waals surface area contributed by atoms with Gasteiger partial charge in [0.1, 0.15) is 18.1 Å². The number of furan rings is 1. The number of hydrogen-bond acceptors (Lipinski definition) is 7. The van der Waals surface area contributed by atoms with Crippen LogP contribution in [0.3, 0.4) is 0 Å². The van der Waals surface area contributed by atoms with E-state index in [0.29, 0.717) is 31.2 Å². The molecule has 35 heavy (non-hydrogen) atoms. The predicted molar refractivity (Wildman–Crippen MR) is 134 cm³/mol. The molecule has 1 aromatic heterocycles. The largest absolute Gasteiger partial charge is 0.462 e. The number of rotatable bonds is 10. The van der Waals surface area contributed by atoms with Crippen LogP contribution in [0.5, 0.6) is 0 Å². The molecule has 4 atom stereocenters. The number of aliphatic hydroxyl groups excluding tert-OH is 1. The fourth-order valence-corrected chi connectivity index (χ4v) is 6.95. The molecule has 3 aliphatic rings. The van der Waals surface area contributed by atoms with E-state index in [1.807, 2.05) is 19.1 Å². The van der Waals surface area contributed by atoms with E-state index in [2.05, 4.69) is 29.4 Å². The number of amides is 1. The lowest BCUT2D eigenvalue weighted by atomic mass is 9.57. The SMILES string of the molecule is CC1(O)CCC2(CCC(=O)NCCN3CCOCC3)C(NCc3ccc(CO)o3)CC(C)(C)C2C1. The molecule has 4 unspecified atom stereocenters. The lowest BCUT2D eigenvalue weighted by Gasteiger charge is -2.51. The summed E-state index contributed by atoms with van der Waals surface area (Å²) < 4.78 is 11.1. The molecule has 198 valence electrons. The van der Waals surface area contributed by atoms with Crippen molar-refractivity contribution in [3.63, 3.8) is 0 Å². The van der Waals surface area contributed by atoms with Gasteiger partial charge in [-0.3, -0.25) is 9.69 Å². The molecule has 8 heteroatoms. The van der Waals surface area contributed by atoms with E-state index in [1.165, 1.54) is 0 Å². The Morgan fingerprint density at radius 1 is 1.14 bits per heavy atom. The Bertz CT molecular complexity index is 848. The smallest absolute Gasteiger partial charge is 0.220 e. The van der Waals surface area contributed by atoms with Crippen molar-refractivity contribution < 1.29 is 24.2 Å². The van der Waals surface area contributed by atoms with Gasteiger partial charge in [0, 0.05) is 38.6 Å². The minimum absolute atomic E-state index is 0.0420. The van der Waals surface area contributed by atoms with Crippen LogP contribution in [0.1, 0.15) is 70.8 Å². The molecule has 0 bridgehead atoms. The molecular formula is C27H45N3O5. The predicted octanol–water partition coefficient (Wildman–Crippen LogP) is 2.43. The van der Waals surface area contributed by atoms with Crippen molar-refractivity contribution in [1.82, 2.24) is 15.5 Å². The molecule has 2 aliphatic carbocycles. The highest BCUT2D eigenvalue weighted by atomic mass is 16.5. The van der Waals surface area contributed by atoms with Crippen molar-refractivity contribution in [2.75, 3.05) is 39.4 Å². The molecule has 4 N–H and O–H groups in total. The highest BCUT2D eigenvalue weighted by Crippen LogP contribution is 2.63. The average Bonchev–Trinajstić information content (AvgIpc) is 3.37. The highest BCUT2D eigenvalue weighted by molar-refractivity contribution is 5.75. The standard InChI is InChI=1S/C27H45N3O5/c1-25(2)17-23(29-18-20-4-5-21(19-31)35-20)27(9-8-26(3,33)16-22(25)27)7-6-24(32)28-10-11-30-12-14-34-15-13-30/h4-5,22-23,29,31,33H,6-19H2,1-3H3,(H,28,32). The first-order valence-electron chi connectivity index (χ1n) is 13.3. The maximum Gasteiger partial charge on any atom is 0.220 e. The third kappa shape index (κ3) is 6.28. The summed E-state index contributed by atoms with van der Waals surface area (Å²) in [4.78, 5) is 15.2. The Hall–Kier alpha value is -1.45. The van der Waals surface area contributed by atoms with Gasteiger partial charge in [0.2, 0.25) is 5.91 Å². The lowest BCUT2D eigenvalue weighted by molar-refractivity contribution is -0.123. The topological polar surface area (TPSA) is 107 Å². The summed E-state index contributed by atoms with van der Waals surface area (Å²) >= 11 is 0. The number of carbonyl (C=O) groups excluding carboxylic acids is 1.